The zero-order valence-corrected chi connectivity index (χ0v) is 20.5. The van der Waals surface area contributed by atoms with Gasteiger partial charge in [0.1, 0.15) is 11.4 Å². The van der Waals surface area contributed by atoms with Gasteiger partial charge < -0.3 is 25.2 Å². The van der Waals surface area contributed by atoms with Crippen molar-refractivity contribution in [2.75, 3.05) is 27.4 Å². The van der Waals surface area contributed by atoms with Crippen LogP contribution in [0.2, 0.25) is 0 Å². The summed E-state index contributed by atoms with van der Waals surface area (Å²) in [6, 6.07) is 15.2. The summed E-state index contributed by atoms with van der Waals surface area (Å²) in [4.78, 5) is 39.5. The average molecular weight is 483 g/mol. The molecule has 2 aromatic rings. The normalized spacial score (nSPS) is 19.3. The molecule has 0 bridgehead atoms. The maximum Gasteiger partial charge on any atom is 0.224 e. The van der Waals surface area contributed by atoms with Crippen LogP contribution in [-0.2, 0) is 32.0 Å². The molecule has 188 valence electrons. The zero-order valence-electron chi connectivity index (χ0n) is 20.5. The lowest BCUT2D eigenvalue weighted by Gasteiger charge is -2.24. The molecule has 0 radical (unpaired) electrons. The van der Waals surface area contributed by atoms with Gasteiger partial charge in [0.25, 0.3) is 0 Å². The molecule has 3 rings (SSSR count). The molecule has 8 nitrogen and oxygen atoms in total. The van der Waals surface area contributed by atoms with Crippen molar-refractivity contribution in [2.24, 2.45) is 5.92 Å². The van der Waals surface area contributed by atoms with Crippen LogP contribution in [0, 0.1) is 5.92 Å². The first-order chi connectivity index (χ1) is 16.8. The Morgan fingerprint density at radius 1 is 1.03 bits per heavy atom. The first-order valence-corrected chi connectivity index (χ1v) is 11.8. The van der Waals surface area contributed by atoms with Crippen LogP contribution in [-0.4, -0.2) is 67.6 Å². The maximum absolute atomic E-state index is 13.5. The molecule has 35 heavy (non-hydrogen) atoms. The molecule has 3 N–H and O–H groups in total. The van der Waals surface area contributed by atoms with Crippen molar-refractivity contribution in [2.45, 2.75) is 43.9 Å². The monoisotopic (exact) mass is 482 g/mol. The van der Waals surface area contributed by atoms with Gasteiger partial charge in [-0.1, -0.05) is 42.5 Å². The van der Waals surface area contributed by atoms with Crippen molar-refractivity contribution in [3.8, 4) is 5.75 Å². The average Bonchev–Trinajstić information content (AvgIpc) is 3.63. The Bertz CT molecular complexity index is 1000. The first kappa shape index (κ1) is 26.5. The molecular formula is C27H34N2O6. The van der Waals surface area contributed by atoms with Crippen LogP contribution in [0.15, 0.2) is 54.6 Å². The number of rotatable bonds is 14. The number of ether oxygens (including phenoxy) is 2. The van der Waals surface area contributed by atoms with E-state index in [0.29, 0.717) is 25.2 Å². The fraction of sp³-hybridized carbons (Fsp3) is 0.444. The van der Waals surface area contributed by atoms with Gasteiger partial charge in [-0.05, 0) is 50.1 Å². The lowest BCUT2D eigenvalue weighted by molar-refractivity contribution is -0.134. The summed E-state index contributed by atoms with van der Waals surface area (Å²) in [6.45, 7) is 1.68. The van der Waals surface area contributed by atoms with Crippen LogP contribution in [0.3, 0.4) is 0 Å². The van der Waals surface area contributed by atoms with Crippen molar-refractivity contribution < 1.29 is 29.0 Å². The Labute approximate surface area is 206 Å². The van der Waals surface area contributed by atoms with E-state index < -0.39 is 23.6 Å². The van der Waals surface area contributed by atoms with E-state index in [9.17, 15) is 19.5 Å². The Morgan fingerprint density at radius 2 is 1.66 bits per heavy atom. The Kier molecular flexibility index (Phi) is 9.14. The molecule has 0 aromatic heterocycles. The molecule has 1 aliphatic heterocycles. The summed E-state index contributed by atoms with van der Waals surface area (Å²) in [6.07, 6.45) is 0.538. The minimum absolute atomic E-state index is 0.0794. The number of likely N-dealkylation sites (N-methyl/N-ethyl adjacent to an activating group) is 1. The molecule has 1 aliphatic rings. The number of hydrogen-bond donors (Lipinski definition) is 3. The number of aliphatic hydroxyl groups is 1. The predicted octanol–water partition coefficient (Wildman–Crippen LogP) is 1.48. The van der Waals surface area contributed by atoms with Gasteiger partial charge in [-0.3, -0.25) is 14.4 Å². The van der Waals surface area contributed by atoms with E-state index in [-0.39, 0.29) is 30.5 Å². The van der Waals surface area contributed by atoms with Gasteiger partial charge in [-0.15, -0.1) is 0 Å². The molecule has 1 saturated heterocycles. The lowest BCUT2D eigenvalue weighted by atomic mass is 9.89. The molecule has 1 heterocycles. The highest BCUT2D eigenvalue weighted by molar-refractivity contribution is 5.98. The van der Waals surface area contributed by atoms with Crippen molar-refractivity contribution >= 4 is 17.5 Å². The Balaban J connectivity index is 1.81. The van der Waals surface area contributed by atoms with Crippen LogP contribution in [0.5, 0.6) is 5.75 Å². The number of carbonyl (C=O) groups is 3. The standard InChI is InChI=1S/C27H34N2O6/c1-27(17-35-27)25(32)22(14-18-7-5-4-6-8-18)29-26(33)20(15-24(31)23(16-30)28-2)13-19-9-11-21(34-3)12-10-19/h4-12,20,22-23,28,30H,13-17H2,1-3H3,(H,29,33)/t20-,22+,23+,27-/m1/s1. The summed E-state index contributed by atoms with van der Waals surface area (Å²) in [5.41, 5.74) is 0.864. The highest BCUT2D eigenvalue weighted by Gasteiger charge is 2.50. The Hall–Kier alpha value is -3.07. The third-order valence-corrected chi connectivity index (χ3v) is 6.39. The zero-order chi connectivity index (χ0) is 25.4. The number of carbonyl (C=O) groups excluding carboxylic acids is 3. The van der Waals surface area contributed by atoms with E-state index >= 15 is 0 Å². The summed E-state index contributed by atoms with van der Waals surface area (Å²) < 4.78 is 10.6. The number of nitrogens with one attached hydrogen (secondary N) is 2. The van der Waals surface area contributed by atoms with Gasteiger partial charge in [0.05, 0.1) is 32.4 Å². The number of epoxide rings is 1. The molecule has 8 heteroatoms. The van der Waals surface area contributed by atoms with E-state index in [0.717, 1.165) is 11.1 Å². The summed E-state index contributed by atoms with van der Waals surface area (Å²) >= 11 is 0. The number of hydrogen-bond acceptors (Lipinski definition) is 7. The van der Waals surface area contributed by atoms with E-state index in [1.807, 2.05) is 42.5 Å². The second-order valence-corrected chi connectivity index (χ2v) is 9.08. The quantitative estimate of drug-likeness (QED) is 0.349. The topological polar surface area (TPSA) is 117 Å². The highest BCUT2D eigenvalue weighted by Crippen LogP contribution is 2.29. The number of amides is 1. The SMILES string of the molecule is CN[C@@H](CO)C(=O)C[C@@H](Cc1ccc(OC)cc1)C(=O)N[C@@H](Cc1ccccc1)C(=O)[C@@]1(C)CO1. The van der Waals surface area contributed by atoms with Crippen LogP contribution in [0.4, 0.5) is 0 Å². The smallest absolute Gasteiger partial charge is 0.224 e. The molecule has 0 spiro atoms. The second kappa shape index (κ2) is 12.1. The minimum atomic E-state index is -0.901. The third-order valence-electron chi connectivity index (χ3n) is 6.39. The molecule has 0 aliphatic carbocycles. The molecule has 0 unspecified atom stereocenters. The maximum atomic E-state index is 13.5. The van der Waals surface area contributed by atoms with Crippen LogP contribution in [0.25, 0.3) is 0 Å². The largest absolute Gasteiger partial charge is 0.497 e. The molecular weight excluding hydrogens is 448 g/mol. The second-order valence-electron chi connectivity index (χ2n) is 9.08. The van der Waals surface area contributed by atoms with Crippen molar-refractivity contribution in [3.63, 3.8) is 0 Å². The van der Waals surface area contributed by atoms with Gasteiger partial charge >= 0.3 is 0 Å². The summed E-state index contributed by atoms with van der Waals surface area (Å²) in [5.74, 6) is -0.884. The number of benzene rings is 2. The van der Waals surface area contributed by atoms with Gasteiger partial charge in [0.15, 0.2) is 11.6 Å². The molecule has 2 aromatic carbocycles. The number of aliphatic hydroxyl groups excluding tert-OH is 1. The fourth-order valence-corrected chi connectivity index (χ4v) is 4.01. The molecule has 0 saturated carbocycles. The predicted molar refractivity (Wildman–Crippen MR) is 131 cm³/mol. The summed E-state index contributed by atoms with van der Waals surface area (Å²) in [7, 11) is 3.16. The third kappa shape index (κ3) is 7.21. The van der Waals surface area contributed by atoms with Crippen molar-refractivity contribution in [3.05, 3.63) is 65.7 Å². The molecule has 4 atom stereocenters. The van der Waals surface area contributed by atoms with E-state index in [2.05, 4.69) is 10.6 Å². The van der Waals surface area contributed by atoms with Gasteiger partial charge in [0, 0.05) is 12.3 Å². The first-order valence-electron chi connectivity index (χ1n) is 11.8. The lowest BCUT2D eigenvalue weighted by Crippen LogP contribution is -2.50. The number of methoxy groups -OCH3 is 1. The summed E-state index contributed by atoms with van der Waals surface area (Å²) in [5, 5.41) is 15.2. The van der Waals surface area contributed by atoms with Crippen LogP contribution in [0.1, 0.15) is 24.5 Å². The van der Waals surface area contributed by atoms with Crippen molar-refractivity contribution in [1.29, 1.82) is 0 Å². The van der Waals surface area contributed by atoms with E-state index in [1.165, 1.54) is 0 Å². The van der Waals surface area contributed by atoms with Gasteiger partial charge in [-0.2, -0.15) is 0 Å². The van der Waals surface area contributed by atoms with Gasteiger partial charge in [0.2, 0.25) is 5.91 Å². The Morgan fingerprint density at radius 3 is 2.20 bits per heavy atom. The van der Waals surface area contributed by atoms with Crippen LogP contribution >= 0.6 is 0 Å². The van der Waals surface area contributed by atoms with Crippen LogP contribution < -0.4 is 15.4 Å². The fourth-order valence-electron chi connectivity index (χ4n) is 4.01. The molecule has 1 fully saturated rings. The van der Waals surface area contributed by atoms with E-state index in [1.54, 1.807) is 33.2 Å². The number of Topliss-reactive ketones (excluding diaryl/α,β-unsaturated/α-hetero) is 2. The number of ketones is 2. The van der Waals surface area contributed by atoms with E-state index in [4.69, 9.17) is 9.47 Å². The highest BCUT2D eigenvalue weighted by atomic mass is 16.6. The molecule has 1 amide bonds. The van der Waals surface area contributed by atoms with Crippen molar-refractivity contribution in [1.82, 2.24) is 10.6 Å². The minimum Gasteiger partial charge on any atom is -0.497 e. The van der Waals surface area contributed by atoms with Gasteiger partial charge in [-0.25, -0.2) is 0 Å².